The fraction of sp³-hybridized carbons (Fsp3) is 0.562. The van der Waals surface area contributed by atoms with E-state index in [-0.39, 0.29) is 6.04 Å². The van der Waals surface area contributed by atoms with Crippen molar-refractivity contribution in [3.8, 4) is 0 Å². The zero-order chi connectivity index (χ0) is 13.4. The molecular formula is C16H23N3. The van der Waals surface area contributed by atoms with Gasteiger partial charge in [-0.25, -0.2) is 4.98 Å². The highest BCUT2D eigenvalue weighted by molar-refractivity contribution is 5.79. The average molecular weight is 257 g/mol. The first-order chi connectivity index (χ1) is 9.18. The number of hydrogen-bond acceptors (Lipinski definition) is 2. The highest BCUT2D eigenvalue weighted by Crippen LogP contribution is 2.33. The lowest BCUT2D eigenvalue weighted by Crippen LogP contribution is -2.26. The fourth-order valence-electron chi connectivity index (χ4n) is 3.49. The van der Waals surface area contributed by atoms with Crippen LogP contribution in [0.1, 0.15) is 49.5 Å². The molecule has 3 heteroatoms. The van der Waals surface area contributed by atoms with Crippen molar-refractivity contribution < 1.29 is 0 Å². The molecule has 0 spiro atoms. The van der Waals surface area contributed by atoms with Gasteiger partial charge in [0, 0.05) is 7.05 Å². The maximum Gasteiger partial charge on any atom is 0.126 e. The summed E-state index contributed by atoms with van der Waals surface area (Å²) in [5.41, 5.74) is 10.1. The summed E-state index contributed by atoms with van der Waals surface area (Å²) >= 11 is 0. The van der Waals surface area contributed by atoms with Crippen molar-refractivity contribution >= 4 is 11.0 Å². The van der Waals surface area contributed by atoms with Crippen LogP contribution >= 0.6 is 0 Å². The first-order valence-corrected chi connectivity index (χ1v) is 7.36. The number of para-hydroxylation sites is 1. The second kappa shape index (κ2) is 4.97. The third kappa shape index (κ3) is 2.16. The molecule has 3 nitrogen and oxygen atoms in total. The van der Waals surface area contributed by atoms with Crippen molar-refractivity contribution in [2.24, 2.45) is 18.7 Å². The topological polar surface area (TPSA) is 43.8 Å². The van der Waals surface area contributed by atoms with Gasteiger partial charge in [0.1, 0.15) is 5.82 Å². The summed E-state index contributed by atoms with van der Waals surface area (Å²) in [6, 6.07) is 6.37. The molecule has 19 heavy (non-hydrogen) atoms. The van der Waals surface area contributed by atoms with Crippen molar-refractivity contribution in [3.63, 3.8) is 0 Å². The van der Waals surface area contributed by atoms with Gasteiger partial charge in [0.05, 0.1) is 17.1 Å². The molecule has 0 amide bonds. The lowest BCUT2D eigenvalue weighted by molar-refractivity contribution is 0.298. The molecule has 1 aromatic carbocycles. The van der Waals surface area contributed by atoms with Crippen LogP contribution < -0.4 is 5.73 Å². The average Bonchev–Trinajstić information content (AvgIpc) is 2.78. The van der Waals surface area contributed by atoms with E-state index in [1.54, 1.807) is 0 Å². The monoisotopic (exact) mass is 257 g/mol. The molecule has 1 fully saturated rings. The number of fused-ring (bicyclic) bond motifs is 1. The van der Waals surface area contributed by atoms with Gasteiger partial charge in [0.15, 0.2) is 0 Å². The van der Waals surface area contributed by atoms with E-state index < -0.39 is 0 Å². The van der Waals surface area contributed by atoms with E-state index in [9.17, 15) is 0 Å². The van der Waals surface area contributed by atoms with Crippen LogP contribution in [0.25, 0.3) is 11.0 Å². The maximum atomic E-state index is 6.50. The van der Waals surface area contributed by atoms with Gasteiger partial charge in [0.25, 0.3) is 0 Å². The van der Waals surface area contributed by atoms with Crippen LogP contribution in [0.2, 0.25) is 0 Å². The van der Waals surface area contributed by atoms with Gasteiger partial charge in [-0.15, -0.1) is 0 Å². The predicted octanol–water partition coefficient (Wildman–Crippen LogP) is 3.46. The molecule has 1 saturated carbocycles. The van der Waals surface area contributed by atoms with Gasteiger partial charge in [-0.3, -0.25) is 0 Å². The Balaban J connectivity index is 2.00. The zero-order valence-electron chi connectivity index (χ0n) is 11.9. The van der Waals surface area contributed by atoms with Crippen molar-refractivity contribution in [2.45, 2.75) is 45.1 Å². The minimum atomic E-state index is 0.0806. The maximum absolute atomic E-state index is 6.50. The Kier molecular flexibility index (Phi) is 3.31. The lowest BCUT2D eigenvalue weighted by atomic mass is 9.84. The van der Waals surface area contributed by atoms with Gasteiger partial charge in [0.2, 0.25) is 0 Å². The summed E-state index contributed by atoms with van der Waals surface area (Å²) in [5, 5.41) is 0. The highest BCUT2D eigenvalue weighted by Gasteiger charge is 2.25. The number of hydrogen-bond donors (Lipinski definition) is 1. The minimum absolute atomic E-state index is 0.0806. The summed E-state index contributed by atoms with van der Waals surface area (Å²) < 4.78 is 2.20. The van der Waals surface area contributed by atoms with E-state index >= 15 is 0 Å². The van der Waals surface area contributed by atoms with Gasteiger partial charge in [-0.2, -0.15) is 0 Å². The lowest BCUT2D eigenvalue weighted by Gasteiger charge is -2.27. The number of aryl methyl sites for hydroxylation is 2. The van der Waals surface area contributed by atoms with Crippen LogP contribution in [0.3, 0.4) is 0 Å². The Morgan fingerprint density at radius 1 is 1.26 bits per heavy atom. The van der Waals surface area contributed by atoms with Crippen molar-refractivity contribution in [3.05, 3.63) is 29.6 Å². The number of rotatable bonds is 2. The fourth-order valence-corrected chi connectivity index (χ4v) is 3.49. The molecule has 2 N–H and O–H groups in total. The third-order valence-electron chi connectivity index (χ3n) is 4.59. The van der Waals surface area contributed by atoms with Crippen LogP contribution in [0, 0.1) is 12.8 Å². The zero-order valence-corrected chi connectivity index (χ0v) is 11.9. The van der Waals surface area contributed by atoms with E-state index in [0.717, 1.165) is 11.3 Å². The standard InChI is InChI=1S/C16H23N3/c1-11-7-6-10-13-15(11)19(2)16(18-13)14(17)12-8-4-3-5-9-12/h6-7,10,12,14H,3-5,8-9,17H2,1-2H3. The first kappa shape index (κ1) is 12.7. The van der Waals surface area contributed by atoms with E-state index in [1.807, 2.05) is 0 Å². The Labute approximate surface area is 114 Å². The normalized spacial score (nSPS) is 18.9. The van der Waals surface area contributed by atoms with Crippen molar-refractivity contribution in [1.29, 1.82) is 0 Å². The molecule has 1 aliphatic rings. The molecule has 0 saturated heterocycles. The molecule has 0 bridgehead atoms. The van der Waals surface area contributed by atoms with Crippen molar-refractivity contribution in [1.82, 2.24) is 9.55 Å². The van der Waals surface area contributed by atoms with Gasteiger partial charge in [-0.05, 0) is 37.3 Å². The molecular weight excluding hydrogens is 234 g/mol. The van der Waals surface area contributed by atoms with Gasteiger partial charge in [-0.1, -0.05) is 31.4 Å². The number of aromatic nitrogens is 2. The molecule has 102 valence electrons. The second-order valence-corrected chi connectivity index (χ2v) is 5.90. The van der Waals surface area contributed by atoms with Gasteiger partial charge < -0.3 is 10.3 Å². The van der Waals surface area contributed by atoms with Crippen LogP contribution in [0.15, 0.2) is 18.2 Å². The minimum Gasteiger partial charge on any atom is -0.330 e. The quantitative estimate of drug-likeness (QED) is 0.895. The summed E-state index contributed by atoms with van der Waals surface area (Å²) in [4.78, 5) is 4.79. The molecule has 1 atom stereocenters. The van der Waals surface area contributed by atoms with Crippen LogP contribution in [-0.4, -0.2) is 9.55 Å². The summed E-state index contributed by atoms with van der Waals surface area (Å²) in [6.45, 7) is 2.14. The van der Waals surface area contributed by atoms with E-state index in [4.69, 9.17) is 10.7 Å². The Morgan fingerprint density at radius 2 is 2.00 bits per heavy atom. The molecule has 1 aliphatic carbocycles. The highest BCUT2D eigenvalue weighted by atomic mass is 15.1. The molecule has 1 heterocycles. The smallest absolute Gasteiger partial charge is 0.126 e. The molecule has 0 radical (unpaired) electrons. The van der Waals surface area contributed by atoms with E-state index in [0.29, 0.717) is 5.92 Å². The third-order valence-corrected chi connectivity index (χ3v) is 4.59. The molecule has 1 unspecified atom stereocenters. The molecule has 2 aromatic rings. The van der Waals surface area contributed by atoms with Gasteiger partial charge >= 0.3 is 0 Å². The molecule has 1 aromatic heterocycles. The number of nitrogens with two attached hydrogens (primary N) is 1. The van der Waals surface area contributed by atoms with Crippen LogP contribution in [0.4, 0.5) is 0 Å². The Hall–Kier alpha value is -1.35. The van der Waals surface area contributed by atoms with E-state index in [2.05, 4.69) is 36.7 Å². The number of imidazole rings is 1. The van der Waals surface area contributed by atoms with Crippen LogP contribution in [-0.2, 0) is 7.05 Å². The number of nitrogens with zero attached hydrogens (tertiary/aromatic N) is 2. The number of benzene rings is 1. The SMILES string of the molecule is Cc1cccc2nc(C(N)C3CCCCC3)n(C)c12. The Morgan fingerprint density at radius 3 is 2.68 bits per heavy atom. The van der Waals surface area contributed by atoms with Crippen molar-refractivity contribution in [2.75, 3.05) is 0 Å². The second-order valence-electron chi connectivity index (χ2n) is 5.90. The van der Waals surface area contributed by atoms with E-state index in [1.165, 1.54) is 43.2 Å². The summed E-state index contributed by atoms with van der Waals surface area (Å²) in [7, 11) is 2.10. The molecule has 3 rings (SSSR count). The first-order valence-electron chi connectivity index (χ1n) is 7.36. The van der Waals surface area contributed by atoms with Crippen LogP contribution in [0.5, 0.6) is 0 Å². The predicted molar refractivity (Wildman–Crippen MR) is 79.0 cm³/mol. The Bertz CT molecular complexity index is 579. The summed E-state index contributed by atoms with van der Waals surface area (Å²) in [5.74, 6) is 1.65. The largest absolute Gasteiger partial charge is 0.330 e. The molecule has 0 aliphatic heterocycles. The summed E-state index contributed by atoms with van der Waals surface area (Å²) in [6.07, 6.45) is 6.51.